The number of hydrogen-bond acceptors (Lipinski definition) is 2. The maximum atomic E-state index is 12.3. The van der Waals surface area contributed by atoms with E-state index in [-0.39, 0.29) is 5.91 Å². The zero-order valence-corrected chi connectivity index (χ0v) is 13.3. The Morgan fingerprint density at radius 1 is 1.29 bits per heavy atom. The van der Waals surface area contributed by atoms with Crippen LogP contribution in [0.25, 0.3) is 0 Å². The van der Waals surface area contributed by atoms with Crippen molar-refractivity contribution in [3.63, 3.8) is 0 Å². The predicted molar refractivity (Wildman–Crippen MR) is 83.3 cm³/mol. The van der Waals surface area contributed by atoms with Gasteiger partial charge < -0.3 is 0 Å². The number of carbonyl (C=O) groups excluding carboxylic acids is 2. The van der Waals surface area contributed by atoms with Crippen LogP contribution in [-0.2, 0) is 4.79 Å². The number of hydrazine groups is 1. The first-order valence-electron chi connectivity index (χ1n) is 6.96. The molecule has 0 saturated heterocycles. The number of hydrogen-bond donors (Lipinski definition) is 1. The van der Waals surface area contributed by atoms with Crippen molar-refractivity contribution in [2.75, 3.05) is 0 Å². The van der Waals surface area contributed by atoms with Gasteiger partial charge >= 0.3 is 5.91 Å². The van der Waals surface area contributed by atoms with Crippen LogP contribution in [0.15, 0.2) is 24.3 Å². The summed E-state index contributed by atoms with van der Waals surface area (Å²) in [7, 11) is 0. The molecule has 0 bridgehead atoms. The molecule has 0 aliphatic heterocycles. The molecule has 0 unspecified atom stereocenters. The molecule has 21 heavy (non-hydrogen) atoms. The molecule has 0 spiro atoms. The molecule has 0 aliphatic carbocycles. The Kier molecular flexibility index (Phi) is 5.54. The third-order valence-electron chi connectivity index (χ3n) is 2.74. The Balaban J connectivity index is 2.97. The summed E-state index contributed by atoms with van der Waals surface area (Å²) in [5.74, 6) is 4.53. The fourth-order valence-electron chi connectivity index (χ4n) is 1.70. The van der Waals surface area contributed by atoms with Gasteiger partial charge in [0, 0.05) is 12.0 Å². The molecule has 0 radical (unpaired) electrons. The zero-order valence-electron chi connectivity index (χ0n) is 13.3. The van der Waals surface area contributed by atoms with Crippen molar-refractivity contribution < 1.29 is 9.59 Å². The van der Waals surface area contributed by atoms with E-state index in [1.165, 1.54) is 5.01 Å². The lowest BCUT2D eigenvalue weighted by atomic mass is 10.1. The number of rotatable bonds is 1. The summed E-state index contributed by atoms with van der Waals surface area (Å²) in [5, 5.41) is 1.28. The highest BCUT2D eigenvalue weighted by molar-refractivity contribution is 5.99. The third kappa shape index (κ3) is 4.96. The van der Waals surface area contributed by atoms with Gasteiger partial charge in [-0.3, -0.25) is 15.0 Å². The summed E-state index contributed by atoms with van der Waals surface area (Å²) >= 11 is 0. The molecule has 1 N–H and O–H groups in total. The van der Waals surface area contributed by atoms with Gasteiger partial charge in [-0.2, -0.15) is 0 Å². The SMILES string of the molecule is CCC#CC(=O)N(NC(=O)c1cccc(C)c1)C(C)(C)C. The number of carbonyl (C=O) groups is 2. The Morgan fingerprint density at radius 3 is 2.48 bits per heavy atom. The van der Waals surface area contributed by atoms with Crippen LogP contribution >= 0.6 is 0 Å². The molecule has 4 heteroatoms. The van der Waals surface area contributed by atoms with Gasteiger partial charge in [-0.1, -0.05) is 30.5 Å². The van der Waals surface area contributed by atoms with E-state index < -0.39 is 11.4 Å². The normalized spacial score (nSPS) is 10.3. The van der Waals surface area contributed by atoms with E-state index >= 15 is 0 Å². The van der Waals surface area contributed by atoms with Crippen LogP contribution in [0.1, 0.15) is 50.0 Å². The van der Waals surface area contributed by atoms with Crippen LogP contribution < -0.4 is 5.43 Å². The Labute approximate surface area is 126 Å². The summed E-state index contributed by atoms with van der Waals surface area (Å²) in [6.45, 7) is 9.31. The van der Waals surface area contributed by atoms with Crippen LogP contribution in [0.2, 0.25) is 0 Å². The predicted octanol–water partition coefficient (Wildman–Crippen LogP) is 2.68. The molecule has 1 aromatic carbocycles. The van der Waals surface area contributed by atoms with Gasteiger partial charge in [-0.15, -0.1) is 0 Å². The topological polar surface area (TPSA) is 49.4 Å². The Morgan fingerprint density at radius 2 is 1.95 bits per heavy atom. The number of nitrogens with one attached hydrogen (secondary N) is 1. The first-order chi connectivity index (χ1) is 9.75. The number of benzene rings is 1. The monoisotopic (exact) mass is 286 g/mol. The highest BCUT2D eigenvalue weighted by Gasteiger charge is 2.27. The molecule has 112 valence electrons. The van der Waals surface area contributed by atoms with Gasteiger partial charge in [0.1, 0.15) is 0 Å². The average molecular weight is 286 g/mol. The number of amides is 2. The van der Waals surface area contributed by atoms with E-state index in [1.807, 2.05) is 46.8 Å². The van der Waals surface area contributed by atoms with Gasteiger partial charge in [0.25, 0.3) is 5.91 Å². The van der Waals surface area contributed by atoms with Gasteiger partial charge in [0.15, 0.2) is 0 Å². The highest BCUT2D eigenvalue weighted by Crippen LogP contribution is 2.12. The molecule has 0 saturated carbocycles. The van der Waals surface area contributed by atoms with Gasteiger partial charge in [0.05, 0.1) is 5.54 Å². The summed E-state index contributed by atoms with van der Waals surface area (Å²) in [6, 6.07) is 7.21. The molecular weight excluding hydrogens is 264 g/mol. The van der Waals surface area contributed by atoms with Crippen molar-refractivity contribution in [2.24, 2.45) is 0 Å². The lowest BCUT2D eigenvalue weighted by Crippen LogP contribution is -2.55. The lowest BCUT2D eigenvalue weighted by molar-refractivity contribution is -0.132. The second kappa shape index (κ2) is 6.94. The van der Waals surface area contributed by atoms with Crippen LogP contribution in [0.3, 0.4) is 0 Å². The number of aryl methyl sites for hydroxylation is 1. The minimum Gasteiger partial charge on any atom is -0.267 e. The average Bonchev–Trinajstić information content (AvgIpc) is 2.40. The van der Waals surface area contributed by atoms with Gasteiger partial charge in [-0.05, 0) is 45.7 Å². The van der Waals surface area contributed by atoms with Crippen LogP contribution in [0.5, 0.6) is 0 Å². The second-order valence-corrected chi connectivity index (χ2v) is 5.78. The molecular formula is C17H22N2O2. The van der Waals surface area contributed by atoms with E-state index in [4.69, 9.17) is 0 Å². The molecule has 2 amide bonds. The fraction of sp³-hybridized carbons (Fsp3) is 0.412. The smallest absolute Gasteiger partial charge is 0.267 e. The maximum Gasteiger partial charge on any atom is 0.317 e. The molecule has 1 rings (SSSR count). The van der Waals surface area contributed by atoms with E-state index in [1.54, 1.807) is 12.1 Å². The molecule has 1 aromatic rings. The summed E-state index contributed by atoms with van der Waals surface area (Å²) in [5.41, 5.74) is 3.60. The number of nitrogens with zero attached hydrogens (tertiary/aromatic N) is 1. The van der Waals surface area contributed by atoms with Crippen molar-refractivity contribution in [1.29, 1.82) is 0 Å². The van der Waals surface area contributed by atoms with Crippen molar-refractivity contribution >= 4 is 11.8 Å². The maximum absolute atomic E-state index is 12.3. The van der Waals surface area contributed by atoms with E-state index in [2.05, 4.69) is 17.3 Å². The summed E-state index contributed by atoms with van der Waals surface area (Å²) in [4.78, 5) is 24.4. The Hall–Kier alpha value is -2.28. The summed E-state index contributed by atoms with van der Waals surface area (Å²) in [6.07, 6.45) is 0.593. The van der Waals surface area contributed by atoms with Gasteiger partial charge in [0.2, 0.25) is 0 Å². The fourth-order valence-corrected chi connectivity index (χ4v) is 1.70. The quantitative estimate of drug-likeness (QED) is 0.637. The third-order valence-corrected chi connectivity index (χ3v) is 2.74. The highest BCUT2D eigenvalue weighted by atomic mass is 16.2. The van der Waals surface area contributed by atoms with Crippen LogP contribution in [0.4, 0.5) is 0 Å². The Bertz CT molecular complexity index is 589. The molecule has 0 aromatic heterocycles. The molecule has 0 aliphatic rings. The second-order valence-electron chi connectivity index (χ2n) is 5.78. The van der Waals surface area contributed by atoms with E-state index in [0.29, 0.717) is 12.0 Å². The van der Waals surface area contributed by atoms with Crippen LogP contribution in [0, 0.1) is 18.8 Å². The van der Waals surface area contributed by atoms with E-state index in [9.17, 15) is 9.59 Å². The standard InChI is InChI=1S/C17H22N2O2/c1-6-7-11-15(20)19(17(3,4)5)18-16(21)14-10-8-9-13(2)12-14/h8-10,12H,6H2,1-5H3,(H,18,21). The zero-order chi connectivity index (χ0) is 16.0. The van der Waals surface area contributed by atoms with Gasteiger partial charge in [-0.25, -0.2) is 5.01 Å². The molecule has 0 atom stereocenters. The van der Waals surface area contributed by atoms with Crippen LogP contribution in [-0.4, -0.2) is 22.4 Å². The first-order valence-corrected chi connectivity index (χ1v) is 6.96. The van der Waals surface area contributed by atoms with Crippen molar-refractivity contribution in [1.82, 2.24) is 10.4 Å². The van der Waals surface area contributed by atoms with Crippen molar-refractivity contribution in [3.05, 3.63) is 35.4 Å². The summed E-state index contributed by atoms with van der Waals surface area (Å²) < 4.78 is 0. The minimum atomic E-state index is -0.557. The van der Waals surface area contributed by atoms with Crippen molar-refractivity contribution in [3.8, 4) is 11.8 Å². The lowest BCUT2D eigenvalue weighted by Gasteiger charge is -2.33. The molecule has 0 heterocycles. The largest absolute Gasteiger partial charge is 0.317 e. The minimum absolute atomic E-state index is 0.319. The molecule has 0 fully saturated rings. The van der Waals surface area contributed by atoms with E-state index in [0.717, 1.165) is 5.56 Å². The first kappa shape index (κ1) is 16.8. The molecule has 4 nitrogen and oxygen atoms in total. The van der Waals surface area contributed by atoms with Crippen molar-refractivity contribution in [2.45, 2.75) is 46.6 Å².